The lowest BCUT2D eigenvalue weighted by atomic mass is 9.88. The summed E-state index contributed by atoms with van der Waals surface area (Å²) < 4.78 is 46.7. The van der Waals surface area contributed by atoms with E-state index in [2.05, 4.69) is 10.1 Å². The fourth-order valence-electron chi connectivity index (χ4n) is 5.08. The molecule has 12 heteroatoms. The molecular formula is C29H24ClF3N4O4. The number of benzene rings is 2. The number of carboxylic acid groups (broad SMARTS) is 1. The van der Waals surface area contributed by atoms with Gasteiger partial charge in [-0.1, -0.05) is 48.0 Å². The summed E-state index contributed by atoms with van der Waals surface area (Å²) >= 11 is 6.31. The van der Waals surface area contributed by atoms with Crippen LogP contribution in [0.15, 0.2) is 66.9 Å². The quantitative estimate of drug-likeness (QED) is 0.273. The molecular weight excluding hydrogens is 561 g/mol. The van der Waals surface area contributed by atoms with Crippen molar-refractivity contribution in [1.82, 2.24) is 19.7 Å². The molecule has 1 N–H and O–H groups in total. The summed E-state index contributed by atoms with van der Waals surface area (Å²) in [7, 11) is 1.37. The minimum absolute atomic E-state index is 0.193. The highest BCUT2D eigenvalue weighted by molar-refractivity contribution is 6.31. The fraction of sp³-hybridized carbons (Fsp3) is 0.241. The van der Waals surface area contributed by atoms with Gasteiger partial charge in [-0.15, -0.1) is 0 Å². The Labute approximate surface area is 237 Å². The molecule has 0 aliphatic carbocycles. The van der Waals surface area contributed by atoms with Crippen LogP contribution in [0.4, 0.5) is 18.0 Å². The lowest BCUT2D eigenvalue weighted by Crippen LogP contribution is -2.37. The van der Waals surface area contributed by atoms with Gasteiger partial charge in [0.1, 0.15) is 5.56 Å². The number of hydrogen-bond donors (Lipinski definition) is 1. The highest BCUT2D eigenvalue weighted by Gasteiger charge is 2.41. The van der Waals surface area contributed by atoms with Crippen molar-refractivity contribution >= 4 is 23.7 Å². The van der Waals surface area contributed by atoms with Crippen LogP contribution in [0.3, 0.4) is 0 Å². The van der Waals surface area contributed by atoms with Crippen LogP contribution < -0.4 is 0 Å². The number of methoxy groups -OCH3 is 1. The normalized spacial score (nSPS) is 14.2. The first-order valence-corrected chi connectivity index (χ1v) is 13.0. The van der Waals surface area contributed by atoms with Crippen molar-refractivity contribution in [2.45, 2.75) is 24.9 Å². The Kier molecular flexibility index (Phi) is 7.72. The molecule has 0 radical (unpaired) electrons. The van der Waals surface area contributed by atoms with Crippen molar-refractivity contribution in [2.24, 2.45) is 0 Å². The SMILES string of the molecule is COC(=O)N1CCC(c2ccc(-c3ccc(Cl)cc3-c3cccc(-n4ncc(C(=O)O)c4C(F)(F)F)n3)cc2)CC1. The molecule has 1 aliphatic heterocycles. The number of halogens is 4. The summed E-state index contributed by atoms with van der Waals surface area (Å²) in [6, 6.07) is 17.7. The second-order valence-electron chi connectivity index (χ2n) is 9.55. The average Bonchev–Trinajstić information content (AvgIpc) is 3.44. The number of likely N-dealkylation sites (tertiary alicyclic amines) is 1. The van der Waals surface area contributed by atoms with Gasteiger partial charge in [-0.3, -0.25) is 0 Å². The molecule has 1 saturated heterocycles. The number of carboxylic acids is 1. The number of nitrogens with zero attached hydrogens (tertiary/aromatic N) is 4. The zero-order chi connectivity index (χ0) is 29.3. The Morgan fingerprint density at radius 3 is 2.37 bits per heavy atom. The number of aromatic carboxylic acids is 1. The van der Waals surface area contributed by atoms with Crippen molar-refractivity contribution < 1.29 is 32.6 Å². The maximum absolute atomic E-state index is 13.8. The molecule has 0 unspecified atom stereocenters. The second kappa shape index (κ2) is 11.2. The van der Waals surface area contributed by atoms with E-state index in [1.54, 1.807) is 23.1 Å². The van der Waals surface area contributed by atoms with Crippen LogP contribution >= 0.6 is 11.6 Å². The van der Waals surface area contributed by atoms with E-state index in [-0.39, 0.29) is 11.9 Å². The van der Waals surface area contributed by atoms with Gasteiger partial charge in [0.05, 0.1) is 19.0 Å². The van der Waals surface area contributed by atoms with E-state index in [1.807, 2.05) is 30.3 Å². The highest BCUT2D eigenvalue weighted by Crippen LogP contribution is 2.37. The number of ether oxygens (including phenoxy) is 1. The van der Waals surface area contributed by atoms with Crippen molar-refractivity contribution in [1.29, 1.82) is 0 Å². The minimum atomic E-state index is -4.97. The molecule has 1 amide bonds. The Morgan fingerprint density at radius 1 is 1.02 bits per heavy atom. The summed E-state index contributed by atoms with van der Waals surface area (Å²) in [6.45, 7) is 1.23. The van der Waals surface area contributed by atoms with E-state index in [0.29, 0.717) is 46.2 Å². The lowest BCUT2D eigenvalue weighted by molar-refractivity contribution is -0.143. The van der Waals surface area contributed by atoms with Gasteiger partial charge < -0.3 is 14.7 Å². The first-order valence-electron chi connectivity index (χ1n) is 12.7. The molecule has 0 bridgehead atoms. The van der Waals surface area contributed by atoms with E-state index in [0.717, 1.165) is 29.5 Å². The third kappa shape index (κ3) is 5.76. The molecule has 212 valence electrons. The largest absolute Gasteiger partial charge is 0.478 e. The zero-order valence-electron chi connectivity index (χ0n) is 21.7. The highest BCUT2D eigenvalue weighted by atomic mass is 35.5. The molecule has 4 aromatic rings. The molecule has 5 rings (SSSR count). The number of aromatic nitrogens is 3. The first-order chi connectivity index (χ1) is 19.6. The third-order valence-corrected chi connectivity index (χ3v) is 7.33. The van der Waals surface area contributed by atoms with Crippen molar-refractivity contribution in [2.75, 3.05) is 20.2 Å². The molecule has 3 heterocycles. The van der Waals surface area contributed by atoms with Gasteiger partial charge in [0.15, 0.2) is 11.5 Å². The second-order valence-corrected chi connectivity index (χ2v) is 9.98. The van der Waals surface area contributed by atoms with Gasteiger partial charge in [0.25, 0.3) is 0 Å². The predicted octanol–water partition coefficient (Wildman–Crippen LogP) is 6.92. The molecule has 2 aromatic heterocycles. The molecule has 41 heavy (non-hydrogen) atoms. The zero-order valence-corrected chi connectivity index (χ0v) is 22.5. The summed E-state index contributed by atoms with van der Waals surface area (Å²) in [4.78, 5) is 29.3. The number of piperidine rings is 1. The van der Waals surface area contributed by atoms with Crippen LogP contribution in [0.2, 0.25) is 5.02 Å². The molecule has 8 nitrogen and oxygen atoms in total. The monoisotopic (exact) mass is 584 g/mol. The third-order valence-electron chi connectivity index (χ3n) is 7.10. The van der Waals surface area contributed by atoms with Crippen LogP contribution in [-0.2, 0) is 10.9 Å². The standard InChI is InChI=1S/C29H24ClF3N4O4/c1-41-28(40)36-13-11-18(12-14-36)17-5-7-19(8-6-17)21-10-9-20(30)15-22(21)24-3-2-4-25(35-24)37-26(29(31,32)33)23(16-34-37)27(38)39/h2-10,15-16,18H,11-14H2,1H3,(H,38,39). The summed E-state index contributed by atoms with van der Waals surface area (Å²) in [5.74, 6) is -1.64. The van der Waals surface area contributed by atoms with Crippen LogP contribution in [0.1, 0.15) is 40.4 Å². The van der Waals surface area contributed by atoms with Gasteiger partial charge in [-0.2, -0.15) is 18.3 Å². The Balaban J connectivity index is 1.47. The van der Waals surface area contributed by atoms with E-state index in [1.165, 1.54) is 19.2 Å². The van der Waals surface area contributed by atoms with Gasteiger partial charge >= 0.3 is 18.2 Å². The van der Waals surface area contributed by atoms with E-state index in [9.17, 15) is 27.9 Å². The number of amides is 1. The van der Waals surface area contributed by atoms with Gasteiger partial charge in [0, 0.05) is 23.7 Å². The summed E-state index contributed by atoms with van der Waals surface area (Å²) in [5, 5.41) is 13.3. The Hall–Kier alpha value is -4.38. The Bertz CT molecular complexity index is 1600. The Morgan fingerprint density at radius 2 is 1.73 bits per heavy atom. The maximum Gasteiger partial charge on any atom is 0.434 e. The number of hydrogen-bond acceptors (Lipinski definition) is 5. The minimum Gasteiger partial charge on any atom is -0.478 e. The lowest BCUT2D eigenvalue weighted by Gasteiger charge is -2.31. The van der Waals surface area contributed by atoms with Crippen molar-refractivity contribution in [3.63, 3.8) is 0 Å². The smallest absolute Gasteiger partial charge is 0.434 e. The molecule has 0 spiro atoms. The van der Waals surface area contributed by atoms with Crippen LogP contribution in [0, 0.1) is 0 Å². The van der Waals surface area contributed by atoms with E-state index >= 15 is 0 Å². The van der Waals surface area contributed by atoms with Gasteiger partial charge in [-0.25, -0.2) is 19.3 Å². The molecule has 1 fully saturated rings. The van der Waals surface area contributed by atoms with E-state index in [4.69, 9.17) is 16.3 Å². The van der Waals surface area contributed by atoms with Gasteiger partial charge in [0.2, 0.25) is 0 Å². The van der Waals surface area contributed by atoms with Gasteiger partial charge in [-0.05, 0) is 59.7 Å². The number of alkyl halides is 3. The molecule has 1 aliphatic rings. The predicted molar refractivity (Wildman–Crippen MR) is 145 cm³/mol. The summed E-state index contributed by atoms with van der Waals surface area (Å²) in [6.07, 6.45) is -3.01. The van der Waals surface area contributed by atoms with E-state index < -0.39 is 23.4 Å². The topological polar surface area (TPSA) is 97.6 Å². The van der Waals surface area contributed by atoms with Crippen molar-refractivity contribution in [3.8, 4) is 28.2 Å². The van der Waals surface area contributed by atoms with Crippen molar-refractivity contribution in [3.05, 3.63) is 88.7 Å². The first kappa shape index (κ1) is 28.2. The average molecular weight is 585 g/mol. The number of carbonyl (C=O) groups is 2. The molecule has 0 atom stereocenters. The number of rotatable bonds is 5. The fourth-order valence-corrected chi connectivity index (χ4v) is 5.25. The van der Waals surface area contributed by atoms with Crippen LogP contribution in [0.25, 0.3) is 28.2 Å². The number of carbonyl (C=O) groups excluding carboxylic acids is 1. The maximum atomic E-state index is 13.8. The number of pyridine rings is 1. The molecule has 2 aromatic carbocycles. The summed E-state index contributed by atoms with van der Waals surface area (Å²) in [5.41, 5.74) is 1.27. The van der Waals surface area contributed by atoms with Crippen LogP contribution in [0.5, 0.6) is 0 Å². The van der Waals surface area contributed by atoms with Crippen LogP contribution in [-0.4, -0.2) is 57.0 Å². The molecule has 0 saturated carbocycles.